The van der Waals surface area contributed by atoms with Gasteiger partial charge in [0.05, 0.1) is 6.54 Å². The lowest BCUT2D eigenvalue weighted by Crippen LogP contribution is -2.34. The molecule has 0 fully saturated rings. The van der Waals surface area contributed by atoms with E-state index in [0.717, 1.165) is 0 Å². The van der Waals surface area contributed by atoms with Gasteiger partial charge in [0.25, 0.3) is 11.5 Å². The number of pyridine rings is 1. The lowest BCUT2D eigenvalue weighted by Gasteiger charge is -2.15. The Morgan fingerprint density at radius 1 is 1.24 bits per heavy atom. The molecule has 0 unspecified atom stereocenters. The van der Waals surface area contributed by atoms with E-state index >= 15 is 0 Å². The van der Waals surface area contributed by atoms with Gasteiger partial charge in [0, 0.05) is 23.7 Å². The van der Waals surface area contributed by atoms with Crippen LogP contribution in [-0.2, 0) is 6.42 Å². The number of rotatable bonds is 5. The van der Waals surface area contributed by atoms with Gasteiger partial charge in [0.15, 0.2) is 5.78 Å². The van der Waals surface area contributed by atoms with Crippen molar-refractivity contribution in [1.29, 1.82) is 0 Å². The third kappa shape index (κ3) is 3.93. The molecule has 1 aromatic carbocycles. The molecule has 1 aliphatic rings. The van der Waals surface area contributed by atoms with Gasteiger partial charge >= 0.3 is 0 Å². The number of hydrogen-bond donors (Lipinski definition) is 2. The van der Waals surface area contributed by atoms with Crippen molar-refractivity contribution < 1.29 is 18.7 Å². The minimum atomic E-state index is -0.578. The van der Waals surface area contributed by atoms with Crippen molar-refractivity contribution in [2.24, 2.45) is 0 Å². The minimum Gasteiger partial charge on any atom is -0.492 e. The van der Waals surface area contributed by atoms with Gasteiger partial charge in [-0.05, 0) is 31.0 Å². The molecule has 0 bridgehead atoms. The van der Waals surface area contributed by atoms with E-state index in [4.69, 9.17) is 4.74 Å². The van der Waals surface area contributed by atoms with E-state index in [1.165, 1.54) is 24.3 Å². The predicted octanol–water partition coefficient (Wildman–Crippen LogP) is 1.84. The van der Waals surface area contributed by atoms with Crippen molar-refractivity contribution in [1.82, 2.24) is 10.3 Å². The monoisotopic (exact) mass is 344 g/mol. The summed E-state index contributed by atoms with van der Waals surface area (Å²) in [6, 6.07) is 7.02. The smallest absolute Gasteiger partial charge is 0.261 e. The number of carbonyl (C=O) groups is 2. The molecule has 0 saturated carbocycles. The van der Waals surface area contributed by atoms with Crippen LogP contribution >= 0.6 is 0 Å². The number of ketones is 1. The Kier molecular flexibility index (Phi) is 4.92. The Bertz CT molecular complexity index is 876. The number of aryl methyl sites for hydroxylation is 1. The first-order valence-corrected chi connectivity index (χ1v) is 8.00. The first-order chi connectivity index (χ1) is 12.0. The van der Waals surface area contributed by atoms with Crippen LogP contribution in [0.1, 0.15) is 39.3 Å². The lowest BCUT2D eigenvalue weighted by molar-refractivity contribution is 0.0945. The zero-order valence-corrected chi connectivity index (χ0v) is 13.4. The van der Waals surface area contributed by atoms with Gasteiger partial charge in [-0.3, -0.25) is 14.4 Å². The number of aromatic amines is 1. The zero-order chi connectivity index (χ0) is 17.8. The zero-order valence-electron chi connectivity index (χ0n) is 13.4. The molecule has 1 amide bonds. The van der Waals surface area contributed by atoms with Crippen molar-refractivity contribution >= 4 is 11.7 Å². The molecule has 0 aliphatic heterocycles. The number of hydrogen-bond acceptors (Lipinski definition) is 4. The number of aromatic nitrogens is 1. The van der Waals surface area contributed by atoms with Crippen LogP contribution < -0.4 is 15.6 Å². The standard InChI is InChI=1S/C18H17FN2O4/c19-11-3-1-4-12(9-11)25-8-7-20-17(23)14-10-13-15(21-18(14)24)5-2-6-16(13)22/h1,3-4,9-10H,2,5-8H2,(H,20,23)(H,21,24). The van der Waals surface area contributed by atoms with Gasteiger partial charge in [-0.2, -0.15) is 0 Å². The van der Waals surface area contributed by atoms with Gasteiger partial charge in [0.1, 0.15) is 23.7 Å². The molecular weight excluding hydrogens is 327 g/mol. The van der Waals surface area contributed by atoms with Crippen LogP contribution in [0.15, 0.2) is 35.1 Å². The highest BCUT2D eigenvalue weighted by atomic mass is 19.1. The fraction of sp³-hybridized carbons (Fsp3) is 0.278. The van der Waals surface area contributed by atoms with E-state index in [1.54, 1.807) is 6.07 Å². The molecule has 1 heterocycles. The lowest BCUT2D eigenvalue weighted by atomic mass is 9.93. The highest BCUT2D eigenvalue weighted by Gasteiger charge is 2.21. The van der Waals surface area contributed by atoms with E-state index < -0.39 is 17.3 Å². The maximum absolute atomic E-state index is 13.0. The number of benzene rings is 1. The Morgan fingerprint density at radius 3 is 2.88 bits per heavy atom. The van der Waals surface area contributed by atoms with Crippen molar-refractivity contribution in [3.63, 3.8) is 0 Å². The van der Waals surface area contributed by atoms with Gasteiger partial charge in [-0.25, -0.2) is 4.39 Å². The first kappa shape index (κ1) is 16.9. The summed E-state index contributed by atoms with van der Waals surface area (Å²) in [4.78, 5) is 38.7. The molecule has 25 heavy (non-hydrogen) atoms. The number of ether oxygens (including phenoxy) is 1. The number of fused-ring (bicyclic) bond motifs is 1. The number of amides is 1. The first-order valence-electron chi connectivity index (χ1n) is 8.00. The van der Waals surface area contributed by atoms with E-state index in [-0.39, 0.29) is 24.5 Å². The van der Waals surface area contributed by atoms with Gasteiger partial charge in [-0.1, -0.05) is 6.07 Å². The second-order valence-corrected chi connectivity index (χ2v) is 5.74. The highest BCUT2D eigenvalue weighted by Crippen LogP contribution is 2.18. The average molecular weight is 344 g/mol. The Balaban J connectivity index is 1.61. The summed E-state index contributed by atoms with van der Waals surface area (Å²) in [5.41, 5.74) is 0.385. The molecule has 130 valence electrons. The van der Waals surface area contributed by atoms with Crippen LogP contribution in [0.3, 0.4) is 0 Å². The van der Waals surface area contributed by atoms with Crippen LogP contribution in [0.5, 0.6) is 5.75 Å². The van der Waals surface area contributed by atoms with Crippen molar-refractivity contribution in [2.45, 2.75) is 19.3 Å². The molecule has 7 heteroatoms. The summed E-state index contributed by atoms with van der Waals surface area (Å²) >= 11 is 0. The molecular formula is C18H17FN2O4. The van der Waals surface area contributed by atoms with E-state index in [9.17, 15) is 18.8 Å². The summed E-state index contributed by atoms with van der Waals surface area (Å²) in [6.45, 7) is 0.261. The molecule has 1 aromatic heterocycles. The van der Waals surface area contributed by atoms with E-state index in [2.05, 4.69) is 10.3 Å². The van der Waals surface area contributed by atoms with Crippen molar-refractivity contribution in [3.05, 3.63) is 63.3 Å². The van der Waals surface area contributed by atoms with Crippen LogP contribution in [0, 0.1) is 5.82 Å². The summed E-state index contributed by atoms with van der Waals surface area (Å²) in [5, 5.41) is 2.56. The van der Waals surface area contributed by atoms with E-state index in [1.807, 2.05) is 0 Å². The summed E-state index contributed by atoms with van der Waals surface area (Å²) < 4.78 is 18.3. The van der Waals surface area contributed by atoms with Crippen LogP contribution in [0.25, 0.3) is 0 Å². The number of halogens is 1. The average Bonchev–Trinajstić information content (AvgIpc) is 2.58. The van der Waals surface area contributed by atoms with Gasteiger partial charge < -0.3 is 15.0 Å². The Hall–Kier alpha value is -2.96. The quantitative estimate of drug-likeness (QED) is 0.810. The van der Waals surface area contributed by atoms with E-state index in [0.29, 0.717) is 36.3 Å². The van der Waals surface area contributed by atoms with Gasteiger partial charge in [-0.15, -0.1) is 0 Å². The molecule has 0 saturated heterocycles. The fourth-order valence-corrected chi connectivity index (χ4v) is 2.73. The second-order valence-electron chi connectivity index (χ2n) is 5.74. The van der Waals surface area contributed by atoms with Gasteiger partial charge in [0.2, 0.25) is 0 Å². The molecule has 3 rings (SSSR count). The third-order valence-corrected chi connectivity index (χ3v) is 3.95. The molecule has 1 aliphatic carbocycles. The maximum Gasteiger partial charge on any atom is 0.261 e. The fourth-order valence-electron chi connectivity index (χ4n) is 2.73. The molecule has 2 aromatic rings. The summed E-state index contributed by atoms with van der Waals surface area (Å²) in [5.74, 6) is -0.704. The predicted molar refractivity (Wildman–Crippen MR) is 88.6 cm³/mol. The Labute approximate surface area is 143 Å². The SMILES string of the molecule is O=C1CCCc2[nH]c(=O)c(C(=O)NCCOc3cccc(F)c3)cc21. The van der Waals surface area contributed by atoms with Crippen LogP contribution in [-0.4, -0.2) is 29.8 Å². The molecule has 0 atom stereocenters. The van der Waals surface area contributed by atoms with Crippen LogP contribution in [0.2, 0.25) is 0 Å². The number of carbonyl (C=O) groups excluding carboxylic acids is 2. The molecule has 6 nitrogen and oxygen atoms in total. The molecule has 0 spiro atoms. The maximum atomic E-state index is 13.0. The number of nitrogens with one attached hydrogen (secondary N) is 2. The topological polar surface area (TPSA) is 88.3 Å². The molecule has 2 N–H and O–H groups in total. The Morgan fingerprint density at radius 2 is 2.08 bits per heavy atom. The van der Waals surface area contributed by atoms with Crippen LogP contribution in [0.4, 0.5) is 4.39 Å². The summed E-state index contributed by atoms with van der Waals surface area (Å²) in [6.07, 6.45) is 1.74. The highest BCUT2D eigenvalue weighted by molar-refractivity contribution is 6.01. The van der Waals surface area contributed by atoms with Crippen molar-refractivity contribution in [2.75, 3.05) is 13.2 Å². The summed E-state index contributed by atoms with van der Waals surface area (Å²) in [7, 11) is 0. The largest absolute Gasteiger partial charge is 0.492 e. The second kappa shape index (κ2) is 7.29. The van der Waals surface area contributed by atoms with Crippen molar-refractivity contribution in [3.8, 4) is 5.75 Å². The number of H-pyrrole nitrogens is 1. The third-order valence-electron chi connectivity index (χ3n) is 3.95. The number of Topliss-reactive ketones (excluding diaryl/α,β-unsaturated/α-hetero) is 1. The minimum absolute atomic E-state index is 0.0685. The normalized spacial score (nSPS) is 13.2. The molecule has 0 radical (unpaired) electrons.